The molecular formula is C24H27N5O8S. The molecule has 14 heteroatoms. The fraction of sp³-hybridized carbons (Fsp3) is 0.417. The quantitative estimate of drug-likeness (QED) is 0.378. The molecule has 2 aromatic carbocycles. The second kappa shape index (κ2) is 10.6. The molecule has 0 N–H and O–H groups in total. The highest BCUT2D eigenvalue weighted by molar-refractivity contribution is 7.89. The molecule has 0 unspecified atom stereocenters. The number of nitro groups is 1. The minimum absolute atomic E-state index is 0.0129. The number of anilines is 2. The molecule has 0 bridgehead atoms. The summed E-state index contributed by atoms with van der Waals surface area (Å²) in [4.78, 5) is 41.3. The normalized spacial score (nSPS) is 18.6. The van der Waals surface area contributed by atoms with Gasteiger partial charge in [0.15, 0.2) is 6.61 Å². The van der Waals surface area contributed by atoms with E-state index in [1.807, 2.05) is 4.90 Å². The molecule has 2 fully saturated rings. The average Bonchev–Trinajstić information content (AvgIpc) is 2.95. The van der Waals surface area contributed by atoms with E-state index >= 15 is 0 Å². The summed E-state index contributed by atoms with van der Waals surface area (Å²) < 4.78 is 38.4. The maximum atomic E-state index is 13.2. The topological polar surface area (TPSA) is 143 Å². The van der Waals surface area contributed by atoms with Gasteiger partial charge in [0.05, 0.1) is 28.7 Å². The van der Waals surface area contributed by atoms with Gasteiger partial charge in [0.1, 0.15) is 12.3 Å². The number of ether oxygens (including phenoxy) is 2. The molecular weight excluding hydrogens is 518 g/mol. The molecule has 38 heavy (non-hydrogen) atoms. The third-order valence-corrected chi connectivity index (χ3v) is 8.73. The lowest BCUT2D eigenvalue weighted by molar-refractivity contribution is -0.384. The summed E-state index contributed by atoms with van der Waals surface area (Å²) in [5, 5.41) is 10.9. The summed E-state index contributed by atoms with van der Waals surface area (Å²) in [6.07, 6.45) is 0. The van der Waals surface area contributed by atoms with Crippen LogP contribution in [0.3, 0.4) is 0 Å². The third-order valence-electron chi connectivity index (χ3n) is 6.83. The molecule has 202 valence electrons. The van der Waals surface area contributed by atoms with Gasteiger partial charge in [-0.1, -0.05) is 0 Å². The van der Waals surface area contributed by atoms with E-state index in [0.717, 1.165) is 5.69 Å². The fourth-order valence-corrected chi connectivity index (χ4v) is 6.11. The Morgan fingerprint density at radius 3 is 2.32 bits per heavy atom. The fourth-order valence-electron chi connectivity index (χ4n) is 4.69. The number of benzene rings is 2. The predicted molar refractivity (Wildman–Crippen MR) is 136 cm³/mol. The van der Waals surface area contributed by atoms with Crippen molar-refractivity contribution in [3.8, 4) is 5.75 Å². The molecule has 0 saturated carbocycles. The van der Waals surface area contributed by atoms with Crippen molar-refractivity contribution >= 4 is 38.9 Å². The Kier molecular flexibility index (Phi) is 7.19. The maximum absolute atomic E-state index is 13.2. The molecule has 0 atom stereocenters. The number of carbonyl (C=O) groups excluding carboxylic acids is 2. The van der Waals surface area contributed by atoms with E-state index in [0.29, 0.717) is 45.1 Å². The van der Waals surface area contributed by atoms with E-state index in [-0.39, 0.29) is 48.4 Å². The first-order valence-electron chi connectivity index (χ1n) is 12.2. The highest BCUT2D eigenvalue weighted by Gasteiger charge is 2.33. The maximum Gasteiger partial charge on any atom is 0.269 e. The van der Waals surface area contributed by atoms with Crippen LogP contribution in [0.25, 0.3) is 0 Å². The summed E-state index contributed by atoms with van der Waals surface area (Å²) >= 11 is 0. The summed E-state index contributed by atoms with van der Waals surface area (Å²) in [7, 11) is -3.80. The Balaban J connectivity index is 1.27. The van der Waals surface area contributed by atoms with Crippen molar-refractivity contribution in [1.82, 2.24) is 9.21 Å². The first-order valence-corrected chi connectivity index (χ1v) is 13.6. The van der Waals surface area contributed by atoms with Crippen molar-refractivity contribution in [2.45, 2.75) is 4.90 Å². The Morgan fingerprint density at radius 2 is 1.66 bits per heavy atom. The van der Waals surface area contributed by atoms with E-state index in [4.69, 9.17) is 9.47 Å². The van der Waals surface area contributed by atoms with Crippen LogP contribution in [0, 0.1) is 10.1 Å². The Hall–Kier alpha value is -3.75. The van der Waals surface area contributed by atoms with Gasteiger partial charge in [0.25, 0.3) is 11.6 Å². The largest absolute Gasteiger partial charge is 0.482 e. The summed E-state index contributed by atoms with van der Waals surface area (Å²) in [6, 6.07) is 10.6. The first-order chi connectivity index (χ1) is 18.2. The number of hydrogen-bond acceptors (Lipinski definition) is 9. The molecule has 0 aliphatic carbocycles. The minimum atomic E-state index is -3.80. The lowest BCUT2D eigenvalue weighted by Crippen LogP contribution is -2.53. The predicted octanol–water partition coefficient (Wildman–Crippen LogP) is 0.690. The zero-order valence-corrected chi connectivity index (χ0v) is 21.3. The van der Waals surface area contributed by atoms with Crippen molar-refractivity contribution < 1.29 is 32.4 Å². The third kappa shape index (κ3) is 5.14. The molecule has 0 aromatic heterocycles. The SMILES string of the molecule is O=C(CN1C(=O)COc2ccc(S(=O)(=O)N3CCOCC3)cc21)N1CCN(c2ccc([N+](=O)[O-])cc2)CC1. The highest BCUT2D eigenvalue weighted by Crippen LogP contribution is 2.35. The molecule has 5 rings (SSSR count). The van der Waals surface area contributed by atoms with Crippen LogP contribution in [-0.4, -0.2) is 100.0 Å². The van der Waals surface area contributed by atoms with Crippen molar-refractivity contribution in [3.05, 3.63) is 52.6 Å². The number of rotatable bonds is 6. The summed E-state index contributed by atoms with van der Waals surface area (Å²) in [5.41, 5.74) is 1.08. The average molecular weight is 546 g/mol. The van der Waals surface area contributed by atoms with Gasteiger partial charge >= 0.3 is 0 Å². The van der Waals surface area contributed by atoms with Gasteiger partial charge in [0.2, 0.25) is 15.9 Å². The molecule has 3 aliphatic rings. The summed E-state index contributed by atoms with van der Waals surface area (Å²) in [6.45, 7) is 2.48. The smallest absolute Gasteiger partial charge is 0.269 e. The number of morpholine rings is 1. The molecule has 2 aromatic rings. The number of fused-ring (bicyclic) bond motifs is 1. The molecule has 13 nitrogen and oxygen atoms in total. The van der Waals surface area contributed by atoms with Gasteiger partial charge in [-0.2, -0.15) is 4.31 Å². The van der Waals surface area contributed by atoms with Gasteiger partial charge < -0.3 is 19.3 Å². The Morgan fingerprint density at radius 1 is 0.974 bits per heavy atom. The number of nitro benzene ring substituents is 1. The lowest BCUT2D eigenvalue weighted by Gasteiger charge is -2.37. The molecule has 2 amide bonds. The van der Waals surface area contributed by atoms with Crippen molar-refractivity contribution in [2.24, 2.45) is 0 Å². The van der Waals surface area contributed by atoms with E-state index in [2.05, 4.69) is 0 Å². The first kappa shape index (κ1) is 25.9. The van der Waals surface area contributed by atoms with Gasteiger partial charge in [0, 0.05) is 57.1 Å². The number of carbonyl (C=O) groups is 2. The number of nitrogens with zero attached hydrogens (tertiary/aromatic N) is 5. The number of hydrogen-bond donors (Lipinski definition) is 0. The summed E-state index contributed by atoms with van der Waals surface area (Å²) in [5.74, 6) is -0.367. The standard InChI is InChI=1S/C24H27N5O8S/c30-23(26-9-7-25(8-10-26)18-1-3-19(4-2-18)29(32)33)16-28-21-15-20(5-6-22(21)37-17-24(28)31)38(34,35)27-11-13-36-14-12-27/h1-6,15H,7-14,16-17H2. The van der Waals surface area contributed by atoms with Gasteiger partial charge in [-0.3, -0.25) is 24.6 Å². The van der Waals surface area contributed by atoms with Gasteiger partial charge in [-0.25, -0.2) is 8.42 Å². The highest BCUT2D eigenvalue weighted by atomic mass is 32.2. The van der Waals surface area contributed by atoms with Crippen LogP contribution in [0.5, 0.6) is 5.75 Å². The van der Waals surface area contributed by atoms with E-state index < -0.39 is 20.9 Å². The van der Waals surface area contributed by atoms with Gasteiger partial charge in [-0.15, -0.1) is 0 Å². The molecule has 3 aliphatic heterocycles. The number of piperazine rings is 1. The van der Waals surface area contributed by atoms with E-state index in [9.17, 15) is 28.1 Å². The second-order valence-corrected chi connectivity index (χ2v) is 11.0. The number of sulfonamides is 1. The van der Waals surface area contributed by atoms with E-state index in [1.54, 1.807) is 17.0 Å². The monoisotopic (exact) mass is 545 g/mol. The molecule has 0 radical (unpaired) electrons. The zero-order valence-electron chi connectivity index (χ0n) is 20.5. The van der Waals surface area contributed by atoms with Crippen LogP contribution in [0.1, 0.15) is 0 Å². The number of non-ortho nitro benzene ring substituents is 1. The molecule has 0 spiro atoms. The van der Waals surface area contributed by atoms with Gasteiger partial charge in [-0.05, 0) is 30.3 Å². The van der Waals surface area contributed by atoms with Crippen molar-refractivity contribution in [2.75, 3.05) is 75.4 Å². The molecule has 3 heterocycles. The minimum Gasteiger partial charge on any atom is -0.482 e. The second-order valence-electron chi connectivity index (χ2n) is 9.06. The Labute approximate surface area is 219 Å². The van der Waals surface area contributed by atoms with Crippen LogP contribution in [-0.2, 0) is 24.3 Å². The lowest BCUT2D eigenvalue weighted by atomic mass is 10.2. The van der Waals surface area contributed by atoms with Crippen LogP contribution >= 0.6 is 0 Å². The van der Waals surface area contributed by atoms with Crippen LogP contribution in [0.4, 0.5) is 17.1 Å². The van der Waals surface area contributed by atoms with Crippen molar-refractivity contribution in [3.63, 3.8) is 0 Å². The molecule has 2 saturated heterocycles. The Bertz CT molecular complexity index is 1340. The van der Waals surface area contributed by atoms with E-state index in [1.165, 1.54) is 39.5 Å². The van der Waals surface area contributed by atoms with Crippen molar-refractivity contribution in [1.29, 1.82) is 0 Å². The van der Waals surface area contributed by atoms with Crippen LogP contribution in [0.2, 0.25) is 0 Å². The number of amides is 2. The van der Waals surface area contributed by atoms with Crippen LogP contribution < -0.4 is 14.5 Å². The van der Waals surface area contributed by atoms with Crippen LogP contribution in [0.15, 0.2) is 47.4 Å². The zero-order chi connectivity index (χ0) is 26.9.